The van der Waals surface area contributed by atoms with Gasteiger partial charge in [-0.3, -0.25) is 0 Å². The second-order valence-corrected chi connectivity index (χ2v) is 8.84. The second kappa shape index (κ2) is 7.05. The van der Waals surface area contributed by atoms with Crippen LogP contribution in [0.5, 0.6) is 0 Å². The number of hydrogen-bond acceptors (Lipinski definition) is 3. The molecule has 27 heavy (non-hydrogen) atoms. The number of aryl methyl sites for hydroxylation is 1. The lowest BCUT2D eigenvalue weighted by Crippen LogP contribution is -2.31. The largest absolute Gasteiger partial charge is 0.341 e. The summed E-state index contributed by atoms with van der Waals surface area (Å²) in [6.07, 6.45) is 3.41. The summed E-state index contributed by atoms with van der Waals surface area (Å²) in [5.41, 5.74) is 2.35. The molecule has 3 aromatic rings. The van der Waals surface area contributed by atoms with E-state index in [1.54, 1.807) is 18.2 Å². The molecule has 2 aromatic carbocycles. The van der Waals surface area contributed by atoms with Crippen molar-refractivity contribution in [2.45, 2.75) is 43.5 Å². The van der Waals surface area contributed by atoms with Crippen molar-refractivity contribution in [1.29, 1.82) is 0 Å². The fourth-order valence-corrected chi connectivity index (χ4v) is 5.37. The topological polar surface area (TPSA) is 66.1 Å². The predicted octanol–water partition coefficient (Wildman–Crippen LogP) is 4.18. The number of halogens is 1. The molecule has 7 heteroatoms. The van der Waals surface area contributed by atoms with Crippen molar-refractivity contribution in [3.8, 4) is 0 Å². The number of hydrogen-bond donors (Lipinski definition) is 1. The number of H-pyrrole nitrogens is 1. The highest BCUT2D eigenvalue weighted by molar-refractivity contribution is 7.89. The fraction of sp³-hybridized carbons (Fsp3) is 0.350. The lowest BCUT2D eigenvalue weighted by molar-refractivity contribution is 0.385. The number of benzene rings is 2. The molecule has 1 unspecified atom stereocenters. The number of rotatable bonds is 5. The molecule has 1 N–H and O–H groups in total. The van der Waals surface area contributed by atoms with Gasteiger partial charge in [0.15, 0.2) is 0 Å². The Morgan fingerprint density at radius 2 is 2.00 bits per heavy atom. The molecule has 1 aromatic heterocycles. The van der Waals surface area contributed by atoms with Crippen molar-refractivity contribution >= 4 is 21.1 Å². The quantitative estimate of drug-likeness (QED) is 0.714. The number of sulfonamides is 1. The molecule has 1 saturated heterocycles. The zero-order valence-corrected chi connectivity index (χ0v) is 16.0. The minimum Gasteiger partial charge on any atom is -0.341 e. The zero-order valence-electron chi connectivity index (χ0n) is 15.2. The molecule has 1 aliphatic rings. The van der Waals surface area contributed by atoms with Gasteiger partial charge in [-0.25, -0.2) is 17.8 Å². The molecule has 1 aliphatic heterocycles. The number of imidazole rings is 1. The molecule has 1 fully saturated rings. The van der Waals surface area contributed by atoms with E-state index in [1.165, 1.54) is 16.4 Å². The van der Waals surface area contributed by atoms with Gasteiger partial charge < -0.3 is 4.98 Å². The van der Waals surface area contributed by atoms with Crippen molar-refractivity contribution in [3.63, 3.8) is 0 Å². The average Bonchev–Trinajstić information content (AvgIpc) is 3.29. The normalized spacial score (nSPS) is 18.4. The third kappa shape index (κ3) is 3.37. The van der Waals surface area contributed by atoms with Crippen LogP contribution in [-0.2, 0) is 16.4 Å². The van der Waals surface area contributed by atoms with Crippen LogP contribution in [0, 0.1) is 5.82 Å². The van der Waals surface area contributed by atoms with E-state index >= 15 is 0 Å². The van der Waals surface area contributed by atoms with Crippen LogP contribution in [0.15, 0.2) is 47.4 Å². The predicted molar refractivity (Wildman–Crippen MR) is 102 cm³/mol. The molecule has 0 aliphatic carbocycles. The van der Waals surface area contributed by atoms with Crippen molar-refractivity contribution in [2.75, 3.05) is 6.54 Å². The highest BCUT2D eigenvalue weighted by Gasteiger charge is 2.37. The van der Waals surface area contributed by atoms with Gasteiger partial charge in [-0.05, 0) is 55.2 Å². The summed E-state index contributed by atoms with van der Waals surface area (Å²) >= 11 is 0. The highest BCUT2D eigenvalue weighted by Crippen LogP contribution is 2.36. The fourth-order valence-electron chi connectivity index (χ4n) is 3.71. The summed E-state index contributed by atoms with van der Waals surface area (Å²) in [7, 11) is -3.61. The molecule has 0 radical (unpaired) electrons. The number of fused-ring (bicyclic) bond motifs is 1. The third-order valence-corrected chi connectivity index (χ3v) is 6.97. The van der Waals surface area contributed by atoms with Gasteiger partial charge in [0.25, 0.3) is 0 Å². The standard InChI is InChI=1S/C20H22FN3O2S/c1-2-4-14-6-9-16(10-7-14)27(25,26)24-12-3-5-19(24)20-22-17-11-8-15(21)13-18(17)23-20/h6-11,13,19H,2-5,12H2,1H3,(H,22,23). The molecular weight excluding hydrogens is 365 g/mol. The Kier molecular flexibility index (Phi) is 4.74. The molecule has 0 spiro atoms. The SMILES string of the molecule is CCCc1ccc(S(=O)(=O)N2CCCC2c2nc3ccc(F)cc3[nH]2)cc1. The average molecular weight is 387 g/mol. The summed E-state index contributed by atoms with van der Waals surface area (Å²) in [5, 5.41) is 0. The lowest BCUT2D eigenvalue weighted by Gasteiger charge is -2.22. The number of aromatic amines is 1. The maximum absolute atomic E-state index is 13.4. The Bertz CT molecular complexity index is 1060. The lowest BCUT2D eigenvalue weighted by atomic mass is 10.1. The zero-order chi connectivity index (χ0) is 19.0. The van der Waals surface area contributed by atoms with Crippen LogP contribution in [-0.4, -0.2) is 29.2 Å². The van der Waals surface area contributed by atoms with E-state index < -0.39 is 10.0 Å². The third-order valence-electron chi connectivity index (χ3n) is 5.05. The van der Waals surface area contributed by atoms with Crippen molar-refractivity contribution < 1.29 is 12.8 Å². The maximum atomic E-state index is 13.4. The number of nitrogens with one attached hydrogen (secondary N) is 1. The van der Waals surface area contributed by atoms with Gasteiger partial charge in [-0.2, -0.15) is 4.31 Å². The van der Waals surface area contributed by atoms with Gasteiger partial charge in [0, 0.05) is 6.54 Å². The highest BCUT2D eigenvalue weighted by atomic mass is 32.2. The molecule has 0 bridgehead atoms. The summed E-state index contributed by atoms with van der Waals surface area (Å²) in [6.45, 7) is 2.55. The van der Waals surface area contributed by atoms with E-state index in [2.05, 4.69) is 16.9 Å². The van der Waals surface area contributed by atoms with Gasteiger partial charge in [0.1, 0.15) is 11.6 Å². The van der Waals surface area contributed by atoms with Crippen LogP contribution >= 0.6 is 0 Å². The maximum Gasteiger partial charge on any atom is 0.243 e. The first kappa shape index (κ1) is 18.1. The molecule has 1 atom stereocenters. The van der Waals surface area contributed by atoms with Crippen LogP contribution in [0.3, 0.4) is 0 Å². The van der Waals surface area contributed by atoms with Gasteiger partial charge in [0.2, 0.25) is 10.0 Å². The molecule has 4 rings (SSSR count). The molecular formula is C20H22FN3O2S. The Labute approximate surface area is 158 Å². The van der Waals surface area contributed by atoms with E-state index in [4.69, 9.17) is 0 Å². The van der Waals surface area contributed by atoms with Crippen molar-refractivity contribution in [1.82, 2.24) is 14.3 Å². The van der Waals surface area contributed by atoms with Gasteiger partial charge in [-0.15, -0.1) is 0 Å². The van der Waals surface area contributed by atoms with Crippen LogP contribution in [0.2, 0.25) is 0 Å². The molecule has 142 valence electrons. The van der Waals surface area contributed by atoms with Gasteiger partial charge >= 0.3 is 0 Å². The van der Waals surface area contributed by atoms with Crippen LogP contribution < -0.4 is 0 Å². The Morgan fingerprint density at radius 3 is 2.74 bits per heavy atom. The first-order valence-electron chi connectivity index (χ1n) is 9.25. The van der Waals surface area contributed by atoms with E-state index in [0.717, 1.165) is 24.8 Å². The van der Waals surface area contributed by atoms with E-state index in [0.29, 0.717) is 34.7 Å². The Morgan fingerprint density at radius 1 is 1.22 bits per heavy atom. The minimum atomic E-state index is -3.61. The molecule has 2 heterocycles. The summed E-state index contributed by atoms with van der Waals surface area (Å²) in [5.74, 6) is 0.222. The summed E-state index contributed by atoms with van der Waals surface area (Å²) in [4.78, 5) is 7.91. The first-order valence-corrected chi connectivity index (χ1v) is 10.7. The smallest absolute Gasteiger partial charge is 0.243 e. The monoisotopic (exact) mass is 387 g/mol. The van der Waals surface area contributed by atoms with Crippen LogP contribution in [0.4, 0.5) is 4.39 Å². The molecule has 5 nitrogen and oxygen atoms in total. The van der Waals surface area contributed by atoms with Crippen molar-refractivity contribution in [2.24, 2.45) is 0 Å². The molecule has 0 saturated carbocycles. The van der Waals surface area contributed by atoms with Crippen molar-refractivity contribution in [3.05, 3.63) is 59.7 Å². The Balaban J connectivity index is 1.66. The second-order valence-electron chi connectivity index (χ2n) is 6.95. The van der Waals surface area contributed by atoms with E-state index in [9.17, 15) is 12.8 Å². The van der Waals surface area contributed by atoms with Gasteiger partial charge in [-0.1, -0.05) is 25.5 Å². The molecule has 0 amide bonds. The summed E-state index contributed by atoms with van der Waals surface area (Å²) in [6, 6.07) is 11.1. The summed E-state index contributed by atoms with van der Waals surface area (Å²) < 4.78 is 41.3. The van der Waals surface area contributed by atoms with Gasteiger partial charge in [0.05, 0.1) is 22.0 Å². The number of aromatic nitrogens is 2. The van der Waals surface area contributed by atoms with E-state index in [-0.39, 0.29) is 11.9 Å². The van der Waals surface area contributed by atoms with E-state index in [1.807, 2.05) is 12.1 Å². The minimum absolute atomic E-state index is 0.302. The first-order chi connectivity index (χ1) is 13.0. The number of nitrogens with zero attached hydrogens (tertiary/aromatic N) is 2. The van der Waals surface area contributed by atoms with Crippen LogP contribution in [0.25, 0.3) is 11.0 Å². The Hall–Kier alpha value is -2.25. The van der Waals surface area contributed by atoms with Crippen LogP contribution in [0.1, 0.15) is 43.6 Å².